The first-order valence-corrected chi connectivity index (χ1v) is 6.18. The Labute approximate surface area is 69.2 Å². The van der Waals surface area contributed by atoms with Crippen LogP contribution in [0.4, 0.5) is 0 Å². The fraction of sp³-hybridized carbons (Fsp3) is 0.857. The van der Waals surface area contributed by atoms with Crippen LogP contribution in [0.25, 0.3) is 0 Å². The van der Waals surface area contributed by atoms with Gasteiger partial charge < -0.3 is 8.85 Å². The van der Waals surface area contributed by atoms with Gasteiger partial charge in [0.15, 0.2) is 0 Å². The van der Waals surface area contributed by atoms with Crippen LogP contribution < -0.4 is 0 Å². The van der Waals surface area contributed by atoms with Gasteiger partial charge in [-0.1, -0.05) is 0 Å². The molecule has 4 heteroatoms. The van der Waals surface area contributed by atoms with Crippen LogP contribution in [0.1, 0.15) is 12.8 Å². The Morgan fingerprint density at radius 2 is 1.91 bits per heavy atom. The number of rotatable bonds is 5. The number of nitriles is 1. The lowest BCUT2D eigenvalue weighted by Crippen LogP contribution is -2.35. The Hall–Kier alpha value is -0.373. The van der Waals surface area contributed by atoms with Gasteiger partial charge in [-0.15, -0.1) is 0 Å². The topological polar surface area (TPSA) is 42.2 Å². The third-order valence-electron chi connectivity index (χ3n) is 1.78. The number of nitrogens with zero attached hydrogens (tertiary/aromatic N) is 1. The van der Waals surface area contributed by atoms with Crippen molar-refractivity contribution in [3.05, 3.63) is 0 Å². The van der Waals surface area contributed by atoms with E-state index < -0.39 is 8.56 Å². The standard InChI is InChI=1S/C7H15NO2Si/c1-9-11(3,10-2)7-5-4-6-8/h4-5,7H2,1-3H3. The van der Waals surface area contributed by atoms with Gasteiger partial charge in [0, 0.05) is 20.6 Å². The maximum atomic E-state index is 8.29. The molecule has 0 aromatic rings. The zero-order valence-electron chi connectivity index (χ0n) is 7.39. The molecule has 0 heterocycles. The zero-order valence-corrected chi connectivity index (χ0v) is 8.39. The number of unbranched alkanes of at least 4 members (excludes halogenated alkanes) is 1. The highest BCUT2D eigenvalue weighted by Crippen LogP contribution is 2.14. The molecule has 0 spiro atoms. The van der Waals surface area contributed by atoms with Crippen molar-refractivity contribution in [3.63, 3.8) is 0 Å². The highest BCUT2D eigenvalue weighted by Gasteiger charge is 2.27. The summed E-state index contributed by atoms with van der Waals surface area (Å²) in [5.74, 6) is 0. The molecule has 0 bridgehead atoms. The quantitative estimate of drug-likeness (QED) is 0.469. The van der Waals surface area contributed by atoms with Crippen LogP contribution in [-0.2, 0) is 8.85 Å². The fourth-order valence-corrected chi connectivity index (χ4v) is 2.17. The molecule has 0 atom stereocenters. The molecule has 0 aromatic carbocycles. The minimum atomic E-state index is -1.89. The Kier molecular flexibility index (Phi) is 5.12. The highest BCUT2D eigenvalue weighted by molar-refractivity contribution is 6.65. The minimum Gasteiger partial charge on any atom is -0.398 e. The van der Waals surface area contributed by atoms with Crippen molar-refractivity contribution in [2.24, 2.45) is 0 Å². The van der Waals surface area contributed by atoms with E-state index >= 15 is 0 Å². The van der Waals surface area contributed by atoms with Crippen molar-refractivity contribution in [2.75, 3.05) is 14.2 Å². The van der Waals surface area contributed by atoms with Gasteiger partial charge in [0.1, 0.15) is 0 Å². The predicted octanol–water partition coefficient (Wildman–Crippen LogP) is 1.65. The van der Waals surface area contributed by atoms with Crippen LogP contribution in [-0.4, -0.2) is 22.8 Å². The van der Waals surface area contributed by atoms with Crippen molar-refractivity contribution in [1.82, 2.24) is 0 Å². The minimum absolute atomic E-state index is 0.593. The Morgan fingerprint density at radius 1 is 1.36 bits per heavy atom. The van der Waals surface area contributed by atoms with Gasteiger partial charge in [0.05, 0.1) is 6.07 Å². The van der Waals surface area contributed by atoms with E-state index in [2.05, 4.69) is 6.07 Å². The first-order chi connectivity index (χ1) is 5.18. The van der Waals surface area contributed by atoms with E-state index in [9.17, 15) is 0 Å². The van der Waals surface area contributed by atoms with E-state index in [4.69, 9.17) is 14.1 Å². The van der Waals surface area contributed by atoms with Crippen LogP contribution >= 0.6 is 0 Å². The maximum Gasteiger partial charge on any atom is 0.334 e. The summed E-state index contributed by atoms with van der Waals surface area (Å²) < 4.78 is 10.5. The molecule has 0 saturated heterocycles. The summed E-state index contributed by atoms with van der Waals surface area (Å²) in [6.07, 6.45) is 1.47. The van der Waals surface area contributed by atoms with Crippen LogP contribution in [0.5, 0.6) is 0 Å². The van der Waals surface area contributed by atoms with E-state index in [1.807, 2.05) is 6.55 Å². The molecule has 0 aliphatic heterocycles. The molecular formula is C7H15NO2Si. The average molecular weight is 173 g/mol. The summed E-state index contributed by atoms with van der Waals surface area (Å²) in [5, 5.41) is 8.29. The molecule has 0 fully saturated rings. The van der Waals surface area contributed by atoms with Gasteiger partial charge in [-0.25, -0.2) is 0 Å². The van der Waals surface area contributed by atoms with Crippen molar-refractivity contribution in [1.29, 1.82) is 5.26 Å². The average Bonchev–Trinajstić information content (AvgIpc) is 2.05. The highest BCUT2D eigenvalue weighted by atomic mass is 28.4. The third-order valence-corrected chi connectivity index (χ3v) is 4.77. The van der Waals surface area contributed by atoms with E-state index in [-0.39, 0.29) is 0 Å². The third kappa shape index (κ3) is 4.14. The molecule has 0 unspecified atom stereocenters. The smallest absolute Gasteiger partial charge is 0.334 e. The molecule has 0 N–H and O–H groups in total. The SMILES string of the molecule is CO[Si](C)(CCCC#N)OC. The molecule has 0 aliphatic carbocycles. The molecule has 0 rings (SSSR count). The second-order valence-corrected chi connectivity index (χ2v) is 6.14. The first-order valence-electron chi connectivity index (χ1n) is 3.66. The Morgan fingerprint density at radius 3 is 2.27 bits per heavy atom. The van der Waals surface area contributed by atoms with Crippen molar-refractivity contribution in [3.8, 4) is 6.07 Å². The van der Waals surface area contributed by atoms with Crippen molar-refractivity contribution >= 4 is 8.56 Å². The van der Waals surface area contributed by atoms with E-state index in [1.54, 1.807) is 14.2 Å². The second-order valence-electron chi connectivity index (χ2n) is 2.55. The number of hydrogen-bond donors (Lipinski definition) is 0. The van der Waals surface area contributed by atoms with Gasteiger partial charge >= 0.3 is 8.56 Å². The maximum absolute atomic E-state index is 8.29. The zero-order chi connectivity index (χ0) is 8.74. The monoisotopic (exact) mass is 173 g/mol. The lowest BCUT2D eigenvalue weighted by Gasteiger charge is -2.21. The molecular weight excluding hydrogens is 158 g/mol. The Bertz CT molecular complexity index is 140. The molecule has 0 aromatic heterocycles. The van der Waals surface area contributed by atoms with Crippen LogP contribution in [0.15, 0.2) is 0 Å². The predicted molar refractivity (Wildman–Crippen MR) is 45.3 cm³/mol. The summed E-state index contributed by atoms with van der Waals surface area (Å²) >= 11 is 0. The van der Waals surface area contributed by atoms with E-state index in [0.717, 1.165) is 12.5 Å². The van der Waals surface area contributed by atoms with Crippen molar-refractivity contribution < 1.29 is 8.85 Å². The molecule has 0 radical (unpaired) electrons. The van der Waals surface area contributed by atoms with Crippen LogP contribution in [0.2, 0.25) is 12.6 Å². The van der Waals surface area contributed by atoms with E-state index in [0.29, 0.717) is 6.42 Å². The van der Waals surface area contributed by atoms with Crippen LogP contribution in [0.3, 0.4) is 0 Å². The van der Waals surface area contributed by atoms with Gasteiger partial charge in [0.2, 0.25) is 0 Å². The molecule has 0 saturated carbocycles. The molecule has 64 valence electrons. The van der Waals surface area contributed by atoms with E-state index in [1.165, 1.54) is 0 Å². The van der Waals surface area contributed by atoms with Crippen LogP contribution in [0, 0.1) is 11.3 Å². The molecule has 0 amide bonds. The van der Waals surface area contributed by atoms with Gasteiger partial charge in [0.25, 0.3) is 0 Å². The van der Waals surface area contributed by atoms with Gasteiger partial charge in [-0.3, -0.25) is 0 Å². The first kappa shape index (κ1) is 10.6. The summed E-state index contributed by atoms with van der Waals surface area (Å²) in [7, 11) is 1.45. The molecule has 3 nitrogen and oxygen atoms in total. The van der Waals surface area contributed by atoms with Gasteiger partial charge in [-0.2, -0.15) is 5.26 Å². The normalized spacial score (nSPS) is 11.1. The molecule has 11 heavy (non-hydrogen) atoms. The fourth-order valence-electron chi connectivity index (χ4n) is 0.776. The largest absolute Gasteiger partial charge is 0.398 e. The number of hydrogen-bond acceptors (Lipinski definition) is 3. The lowest BCUT2D eigenvalue weighted by molar-refractivity contribution is 0.249. The summed E-state index contributed by atoms with van der Waals surface area (Å²) in [4.78, 5) is 0. The lowest BCUT2D eigenvalue weighted by atomic mass is 10.4. The van der Waals surface area contributed by atoms with Gasteiger partial charge in [-0.05, 0) is 19.0 Å². The summed E-state index contributed by atoms with van der Waals surface area (Å²) in [6, 6.07) is 3.00. The Balaban J connectivity index is 3.62. The molecule has 0 aliphatic rings. The summed E-state index contributed by atoms with van der Waals surface area (Å²) in [5.41, 5.74) is 0. The summed E-state index contributed by atoms with van der Waals surface area (Å²) in [6.45, 7) is 2.00. The van der Waals surface area contributed by atoms with Crippen molar-refractivity contribution in [2.45, 2.75) is 25.4 Å². The second kappa shape index (κ2) is 5.30.